The fourth-order valence-electron chi connectivity index (χ4n) is 2.41. The van der Waals surface area contributed by atoms with Crippen molar-refractivity contribution in [2.24, 2.45) is 0 Å². The molecule has 2 unspecified atom stereocenters. The van der Waals surface area contributed by atoms with Crippen LogP contribution in [0.15, 0.2) is 30.3 Å². The number of halogens is 1. The normalized spacial score (nSPS) is 15.3. The van der Waals surface area contributed by atoms with Gasteiger partial charge in [-0.1, -0.05) is 51.1 Å². The third-order valence-corrected chi connectivity index (χ3v) is 3.78. The summed E-state index contributed by atoms with van der Waals surface area (Å²) in [5, 5.41) is 3.03. The van der Waals surface area contributed by atoms with Gasteiger partial charge in [0.2, 0.25) is 0 Å². The summed E-state index contributed by atoms with van der Waals surface area (Å²) in [5.74, 6) is 0.185. The summed E-state index contributed by atoms with van der Waals surface area (Å²) in [7, 11) is 1.81. The van der Waals surface area contributed by atoms with Gasteiger partial charge in [0, 0.05) is 6.04 Å². The molecule has 2 atom stereocenters. The Morgan fingerprint density at radius 1 is 1.26 bits per heavy atom. The van der Waals surface area contributed by atoms with E-state index in [-0.39, 0.29) is 18.6 Å². The van der Waals surface area contributed by atoms with E-state index in [1.807, 2.05) is 7.05 Å². The second-order valence-corrected chi connectivity index (χ2v) is 4.95. The number of hydrogen-bond acceptors (Lipinski definition) is 1. The number of rotatable bonds is 7. The molecule has 0 bridgehead atoms. The summed E-state index contributed by atoms with van der Waals surface area (Å²) in [5.41, 5.74) is 3.85. The molecular weight excluding hydrogens is 237 g/mol. The Morgan fingerprint density at radius 2 is 1.89 bits per heavy atom. The molecule has 106 valence electrons. The van der Waals surface area contributed by atoms with Crippen LogP contribution in [-0.4, -0.2) is 19.8 Å². The van der Waals surface area contributed by atoms with Gasteiger partial charge in [0.1, 0.15) is 6.67 Å². The van der Waals surface area contributed by atoms with Gasteiger partial charge in [0.15, 0.2) is 0 Å². The van der Waals surface area contributed by atoms with E-state index in [0.29, 0.717) is 0 Å². The lowest BCUT2D eigenvalue weighted by Crippen LogP contribution is -2.32. The first-order valence-electron chi connectivity index (χ1n) is 7.20. The molecule has 0 aliphatic carbocycles. The Hall–Kier alpha value is -1.15. The van der Waals surface area contributed by atoms with Crippen LogP contribution < -0.4 is 5.32 Å². The Bertz CT molecular complexity index is 390. The number of benzene rings is 1. The molecule has 1 aromatic carbocycles. The summed E-state index contributed by atoms with van der Waals surface area (Å²) in [6.07, 6.45) is 4.38. The van der Waals surface area contributed by atoms with Crippen LogP contribution in [0.2, 0.25) is 0 Å². The Kier molecular flexibility index (Phi) is 6.79. The molecule has 2 heteroatoms. The molecule has 0 aromatic heterocycles. The highest BCUT2D eigenvalue weighted by Crippen LogP contribution is 2.24. The first-order valence-corrected chi connectivity index (χ1v) is 7.20. The van der Waals surface area contributed by atoms with E-state index in [1.54, 1.807) is 0 Å². The maximum Gasteiger partial charge on any atom is 0.105 e. The Morgan fingerprint density at radius 3 is 2.32 bits per heavy atom. The van der Waals surface area contributed by atoms with Crippen LogP contribution in [0, 0.1) is 0 Å². The van der Waals surface area contributed by atoms with Gasteiger partial charge in [0.05, 0.1) is 0 Å². The molecule has 1 aromatic rings. The third kappa shape index (κ3) is 4.17. The minimum absolute atomic E-state index is 0.109. The fraction of sp³-hybridized carbons (Fsp3) is 0.529. The molecule has 0 saturated carbocycles. The van der Waals surface area contributed by atoms with E-state index in [2.05, 4.69) is 56.4 Å². The predicted molar refractivity (Wildman–Crippen MR) is 82.2 cm³/mol. The van der Waals surface area contributed by atoms with Crippen molar-refractivity contribution in [1.82, 2.24) is 5.32 Å². The van der Waals surface area contributed by atoms with Crippen LogP contribution in [0.1, 0.15) is 50.7 Å². The van der Waals surface area contributed by atoms with Crippen molar-refractivity contribution >= 4 is 5.57 Å². The highest BCUT2D eigenvalue weighted by Gasteiger charge is 2.16. The average molecular weight is 263 g/mol. The lowest BCUT2D eigenvalue weighted by molar-refractivity contribution is 0.357. The number of nitrogens with one attached hydrogen (secondary N) is 1. The summed E-state index contributed by atoms with van der Waals surface area (Å²) >= 11 is 0. The molecule has 0 aliphatic heterocycles. The molecule has 0 spiro atoms. The van der Waals surface area contributed by atoms with E-state index >= 15 is 0 Å². The molecule has 1 N–H and O–H groups in total. The average Bonchev–Trinajstić information content (AvgIpc) is 2.46. The molecule has 0 amide bonds. The first kappa shape index (κ1) is 15.9. The largest absolute Gasteiger partial charge is 0.314 e. The van der Waals surface area contributed by atoms with Crippen LogP contribution in [0.4, 0.5) is 4.39 Å². The number of likely N-dealkylation sites (N-methyl/N-ethyl adjacent to an activating group) is 1. The van der Waals surface area contributed by atoms with Crippen LogP contribution in [-0.2, 0) is 0 Å². The summed E-state index contributed by atoms with van der Waals surface area (Å²) < 4.78 is 12.9. The monoisotopic (exact) mass is 263 g/mol. The topological polar surface area (TPSA) is 12.0 Å². The molecule has 0 fully saturated rings. The third-order valence-electron chi connectivity index (χ3n) is 3.78. The van der Waals surface area contributed by atoms with Gasteiger partial charge in [-0.15, -0.1) is 0 Å². The minimum atomic E-state index is -0.338. The summed E-state index contributed by atoms with van der Waals surface area (Å²) in [4.78, 5) is 0. The molecule has 1 rings (SSSR count). The van der Waals surface area contributed by atoms with Crippen LogP contribution in [0.3, 0.4) is 0 Å². The molecule has 0 radical (unpaired) electrons. The zero-order chi connectivity index (χ0) is 14.3. The Labute approximate surface area is 116 Å². The van der Waals surface area contributed by atoms with Crippen molar-refractivity contribution in [2.45, 2.75) is 45.6 Å². The lowest BCUT2D eigenvalue weighted by atomic mass is 9.92. The predicted octanol–water partition coefficient (Wildman–Crippen LogP) is 4.55. The van der Waals surface area contributed by atoms with Crippen molar-refractivity contribution in [3.05, 3.63) is 41.5 Å². The van der Waals surface area contributed by atoms with Crippen molar-refractivity contribution in [1.29, 1.82) is 0 Å². The van der Waals surface area contributed by atoms with Crippen LogP contribution in [0.25, 0.3) is 5.57 Å². The van der Waals surface area contributed by atoms with Gasteiger partial charge in [-0.25, -0.2) is 4.39 Å². The minimum Gasteiger partial charge on any atom is -0.314 e. The molecule has 0 heterocycles. The number of hydrogen-bond donors (Lipinski definition) is 1. The maximum absolute atomic E-state index is 12.9. The van der Waals surface area contributed by atoms with E-state index < -0.39 is 0 Å². The van der Waals surface area contributed by atoms with Gasteiger partial charge < -0.3 is 5.32 Å². The quantitative estimate of drug-likeness (QED) is 0.761. The van der Waals surface area contributed by atoms with Crippen molar-refractivity contribution in [3.8, 4) is 0 Å². The van der Waals surface area contributed by atoms with Crippen molar-refractivity contribution in [3.63, 3.8) is 0 Å². The lowest BCUT2D eigenvalue weighted by Gasteiger charge is -2.21. The van der Waals surface area contributed by atoms with Crippen LogP contribution in [0.5, 0.6) is 0 Å². The molecule has 19 heavy (non-hydrogen) atoms. The maximum atomic E-state index is 12.9. The second-order valence-electron chi connectivity index (χ2n) is 4.95. The van der Waals surface area contributed by atoms with Crippen molar-refractivity contribution in [2.75, 3.05) is 13.7 Å². The highest BCUT2D eigenvalue weighted by molar-refractivity contribution is 5.65. The number of allylic oxidation sites excluding steroid dienone is 2. The van der Waals surface area contributed by atoms with Crippen LogP contribution >= 0.6 is 0 Å². The SMILES string of the molecule is CC/C=C(\CC)c1ccc(C(C)C(CF)NC)cc1. The molecule has 1 nitrogen and oxygen atoms in total. The van der Waals surface area contributed by atoms with E-state index in [4.69, 9.17) is 0 Å². The van der Waals surface area contributed by atoms with E-state index in [0.717, 1.165) is 12.8 Å². The van der Waals surface area contributed by atoms with Crippen molar-refractivity contribution < 1.29 is 4.39 Å². The molecular formula is C17H26FN. The van der Waals surface area contributed by atoms with Gasteiger partial charge >= 0.3 is 0 Å². The molecule has 0 aliphatic rings. The number of alkyl halides is 1. The standard InChI is InChI=1S/C17H26FN/c1-5-7-14(6-2)16-10-8-15(9-11-16)13(3)17(12-18)19-4/h7-11,13,17,19H,5-6,12H2,1-4H3/b14-7+. The second kappa shape index (κ2) is 8.11. The van der Waals surface area contributed by atoms with Gasteiger partial charge in [0.25, 0.3) is 0 Å². The highest BCUT2D eigenvalue weighted by atomic mass is 19.1. The zero-order valence-corrected chi connectivity index (χ0v) is 12.5. The summed E-state index contributed by atoms with van der Waals surface area (Å²) in [6.45, 7) is 6.07. The first-order chi connectivity index (χ1) is 9.17. The smallest absolute Gasteiger partial charge is 0.105 e. The Balaban J connectivity index is 2.89. The van der Waals surface area contributed by atoms with Gasteiger partial charge in [-0.05, 0) is 42.5 Å². The van der Waals surface area contributed by atoms with Gasteiger partial charge in [-0.3, -0.25) is 0 Å². The summed E-state index contributed by atoms with van der Waals surface area (Å²) in [6, 6.07) is 8.45. The van der Waals surface area contributed by atoms with E-state index in [9.17, 15) is 4.39 Å². The zero-order valence-electron chi connectivity index (χ0n) is 12.5. The van der Waals surface area contributed by atoms with E-state index in [1.165, 1.54) is 16.7 Å². The fourth-order valence-corrected chi connectivity index (χ4v) is 2.41. The van der Waals surface area contributed by atoms with Gasteiger partial charge in [-0.2, -0.15) is 0 Å². The molecule has 0 saturated heterocycles.